The van der Waals surface area contributed by atoms with Crippen molar-refractivity contribution in [1.82, 2.24) is 5.32 Å². The van der Waals surface area contributed by atoms with E-state index in [1.165, 1.54) is 13.8 Å². The van der Waals surface area contributed by atoms with E-state index in [1.54, 1.807) is 0 Å². The Bertz CT molecular complexity index is 226. The quantitative estimate of drug-likeness (QED) is 0.683. The third-order valence-electron chi connectivity index (χ3n) is 2.79. The van der Waals surface area contributed by atoms with Gasteiger partial charge < -0.3 is 10.1 Å². The largest absolute Gasteiger partial charge is 0.381 e. The normalized spacial score (nSPS) is 37.0. The van der Waals surface area contributed by atoms with Crippen molar-refractivity contribution in [3.05, 3.63) is 0 Å². The molecule has 0 spiro atoms. The molecule has 3 nitrogen and oxygen atoms in total. The summed E-state index contributed by atoms with van der Waals surface area (Å²) in [6.07, 6.45) is 0. The number of hydrogen-bond donors (Lipinski definition) is 1. The molecule has 2 atom stereocenters. The molecule has 13 heavy (non-hydrogen) atoms. The summed E-state index contributed by atoms with van der Waals surface area (Å²) in [6, 6.07) is 0.163. The van der Waals surface area contributed by atoms with Crippen LogP contribution in [-0.2, 0) is 9.53 Å². The van der Waals surface area contributed by atoms with Crippen LogP contribution in [0.25, 0.3) is 0 Å². The first-order valence-corrected chi connectivity index (χ1v) is 4.58. The molecule has 74 valence electrons. The van der Waals surface area contributed by atoms with Gasteiger partial charge in [-0.25, -0.2) is 4.39 Å². The number of ether oxygens (including phenoxy) is 1. The highest BCUT2D eigenvalue weighted by atomic mass is 19.1. The van der Waals surface area contributed by atoms with E-state index in [9.17, 15) is 9.18 Å². The zero-order valence-corrected chi connectivity index (χ0v) is 7.84. The van der Waals surface area contributed by atoms with Gasteiger partial charge in [-0.1, -0.05) is 0 Å². The van der Waals surface area contributed by atoms with Crippen molar-refractivity contribution in [3.8, 4) is 0 Å². The number of hydrogen-bond acceptors (Lipinski definition) is 2. The van der Waals surface area contributed by atoms with Crippen molar-refractivity contribution in [2.75, 3.05) is 13.2 Å². The number of carbonyl (C=O) groups is 1. The molecule has 0 aromatic carbocycles. The molecule has 0 aromatic heterocycles. The van der Waals surface area contributed by atoms with E-state index in [1.807, 2.05) is 0 Å². The van der Waals surface area contributed by atoms with Crippen LogP contribution < -0.4 is 5.32 Å². The maximum Gasteiger partial charge on any atom is 0.257 e. The van der Waals surface area contributed by atoms with E-state index < -0.39 is 11.6 Å². The van der Waals surface area contributed by atoms with Gasteiger partial charge in [-0.05, 0) is 13.8 Å². The number of nitrogens with one attached hydrogen (secondary N) is 1. The van der Waals surface area contributed by atoms with Crippen LogP contribution in [0.2, 0.25) is 0 Å². The first-order chi connectivity index (χ1) is 6.00. The predicted octanol–water partition coefficient (Wildman–Crippen LogP) is 0.495. The summed E-state index contributed by atoms with van der Waals surface area (Å²) in [5, 5.41) is 2.70. The maximum absolute atomic E-state index is 13.1. The van der Waals surface area contributed by atoms with Gasteiger partial charge in [0.25, 0.3) is 5.91 Å². The fourth-order valence-corrected chi connectivity index (χ4v) is 1.78. The highest BCUT2D eigenvalue weighted by Crippen LogP contribution is 2.44. The SMILES string of the molecule is CC(C)(F)C(=O)NC1[C@H]2COC[C@H]12. The highest BCUT2D eigenvalue weighted by molar-refractivity contribution is 5.84. The van der Waals surface area contributed by atoms with Gasteiger partial charge in [-0.15, -0.1) is 0 Å². The van der Waals surface area contributed by atoms with Crippen molar-refractivity contribution < 1.29 is 13.9 Å². The zero-order valence-electron chi connectivity index (χ0n) is 7.84. The van der Waals surface area contributed by atoms with Crippen LogP contribution in [0, 0.1) is 11.8 Å². The highest BCUT2D eigenvalue weighted by Gasteiger charge is 2.55. The lowest BCUT2D eigenvalue weighted by Crippen LogP contribution is -2.41. The van der Waals surface area contributed by atoms with Gasteiger partial charge >= 0.3 is 0 Å². The minimum atomic E-state index is -1.77. The smallest absolute Gasteiger partial charge is 0.257 e. The van der Waals surface area contributed by atoms with Crippen molar-refractivity contribution in [3.63, 3.8) is 0 Å². The topological polar surface area (TPSA) is 38.3 Å². The van der Waals surface area contributed by atoms with Gasteiger partial charge in [-0.3, -0.25) is 4.79 Å². The van der Waals surface area contributed by atoms with Crippen molar-refractivity contribution in [2.45, 2.75) is 25.6 Å². The van der Waals surface area contributed by atoms with Gasteiger partial charge in [0, 0.05) is 17.9 Å². The molecule has 0 radical (unpaired) electrons. The first kappa shape index (κ1) is 8.94. The molecule has 1 aliphatic heterocycles. The van der Waals surface area contributed by atoms with Crippen LogP contribution in [0.5, 0.6) is 0 Å². The molecule has 0 bridgehead atoms. The Morgan fingerprint density at radius 2 is 2.00 bits per heavy atom. The molecule has 2 rings (SSSR count). The maximum atomic E-state index is 13.1. The number of amides is 1. The Morgan fingerprint density at radius 3 is 2.46 bits per heavy atom. The van der Waals surface area contributed by atoms with Crippen molar-refractivity contribution in [2.24, 2.45) is 11.8 Å². The Hall–Kier alpha value is -0.640. The van der Waals surface area contributed by atoms with Crippen LogP contribution in [-0.4, -0.2) is 30.8 Å². The molecular weight excluding hydrogens is 173 g/mol. The Kier molecular flexibility index (Phi) is 1.84. The fraction of sp³-hybridized carbons (Fsp3) is 0.889. The van der Waals surface area contributed by atoms with Gasteiger partial charge in [-0.2, -0.15) is 0 Å². The van der Waals surface area contributed by atoms with Gasteiger partial charge in [0.05, 0.1) is 13.2 Å². The van der Waals surface area contributed by atoms with Gasteiger partial charge in [0.1, 0.15) is 0 Å². The lowest BCUT2D eigenvalue weighted by molar-refractivity contribution is -0.131. The Labute approximate surface area is 76.6 Å². The second kappa shape index (κ2) is 2.67. The number of fused-ring (bicyclic) bond motifs is 1. The molecule has 1 aliphatic carbocycles. The van der Waals surface area contributed by atoms with Crippen LogP contribution >= 0.6 is 0 Å². The number of alkyl halides is 1. The molecule has 1 saturated heterocycles. The zero-order chi connectivity index (χ0) is 9.64. The Balaban J connectivity index is 1.84. The van der Waals surface area contributed by atoms with E-state index in [0.717, 1.165) is 0 Å². The average Bonchev–Trinajstić information content (AvgIpc) is 2.47. The summed E-state index contributed by atoms with van der Waals surface area (Å²) in [5.74, 6) is 0.365. The standard InChI is InChI=1S/C9H14FNO2/c1-9(2,10)8(12)11-7-5-3-13-4-6(5)7/h5-7H,3-4H2,1-2H3,(H,11,12)/t5-,6-/m0/s1. The minimum Gasteiger partial charge on any atom is -0.381 e. The van der Waals surface area contributed by atoms with E-state index in [-0.39, 0.29) is 6.04 Å². The third kappa shape index (κ3) is 1.55. The lowest BCUT2D eigenvalue weighted by Gasteiger charge is -2.15. The van der Waals surface area contributed by atoms with Crippen molar-refractivity contribution >= 4 is 5.91 Å². The average molecular weight is 187 g/mol. The minimum absolute atomic E-state index is 0.163. The second-order valence-electron chi connectivity index (χ2n) is 4.34. The fourth-order valence-electron chi connectivity index (χ4n) is 1.78. The molecular formula is C9H14FNO2. The molecule has 1 N–H and O–H groups in total. The molecule has 0 unspecified atom stereocenters. The van der Waals surface area contributed by atoms with Gasteiger partial charge in [0.15, 0.2) is 5.67 Å². The molecule has 1 saturated carbocycles. The summed E-state index contributed by atoms with van der Waals surface area (Å²) in [5.41, 5.74) is -1.77. The van der Waals surface area contributed by atoms with Crippen LogP contribution in [0.1, 0.15) is 13.8 Å². The Morgan fingerprint density at radius 1 is 1.46 bits per heavy atom. The van der Waals surface area contributed by atoms with E-state index in [0.29, 0.717) is 25.0 Å². The van der Waals surface area contributed by atoms with Gasteiger partial charge in [0.2, 0.25) is 0 Å². The predicted molar refractivity (Wildman–Crippen MR) is 44.9 cm³/mol. The molecule has 1 heterocycles. The van der Waals surface area contributed by atoms with Crippen molar-refractivity contribution in [1.29, 1.82) is 0 Å². The van der Waals surface area contributed by atoms with Crippen LogP contribution in [0.4, 0.5) is 4.39 Å². The molecule has 1 amide bonds. The molecule has 4 heteroatoms. The summed E-state index contributed by atoms with van der Waals surface area (Å²) in [4.78, 5) is 11.2. The monoisotopic (exact) mass is 187 g/mol. The lowest BCUT2D eigenvalue weighted by atomic mass is 10.1. The first-order valence-electron chi connectivity index (χ1n) is 4.58. The van der Waals surface area contributed by atoms with E-state index >= 15 is 0 Å². The summed E-state index contributed by atoms with van der Waals surface area (Å²) in [7, 11) is 0. The number of rotatable bonds is 2. The summed E-state index contributed by atoms with van der Waals surface area (Å²) >= 11 is 0. The van der Waals surface area contributed by atoms with E-state index in [2.05, 4.69) is 5.32 Å². The van der Waals surface area contributed by atoms with E-state index in [4.69, 9.17) is 4.74 Å². The number of halogens is 1. The molecule has 0 aromatic rings. The van der Waals surface area contributed by atoms with Crippen LogP contribution in [0.15, 0.2) is 0 Å². The number of carbonyl (C=O) groups excluding carboxylic acids is 1. The second-order valence-corrected chi connectivity index (χ2v) is 4.34. The summed E-state index contributed by atoms with van der Waals surface area (Å²) < 4.78 is 18.3. The van der Waals surface area contributed by atoms with Crippen LogP contribution in [0.3, 0.4) is 0 Å². The molecule has 2 aliphatic rings. The third-order valence-corrected chi connectivity index (χ3v) is 2.79. The molecule has 2 fully saturated rings. The summed E-state index contributed by atoms with van der Waals surface area (Å²) in [6.45, 7) is 3.97.